The minimum absolute atomic E-state index is 0.00701. The third-order valence-electron chi connectivity index (χ3n) is 4.97. The molecule has 1 aliphatic heterocycles. The Morgan fingerprint density at radius 1 is 1.24 bits per heavy atom. The van der Waals surface area contributed by atoms with Gasteiger partial charge in [-0.1, -0.05) is 6.92 Å². The van der Waals surface area contributed by atoms with Crippen molar-refractivity contribution in [3.05, 3.63) is 50.1 Å². The normalized spacial score (nSPS) is 20.5. The summed E-state index contributed by atoms with van der Waals surface area (Å²) in [4.78, 5) is 26.8. The number of nitrogens with zero attached hydrogens (tertiary/aromatic N) is 4. The summed E-state index contributed by atoms with van der Waals surface area (Å²) in [5.41, 5.74) is -1.01. The molecule has 7 heteroatoms. The molecule has 7 nitrogen and oxygen atoms in total. The molecule has 1 aliphatic rings. The molecule has 3 heterocycles. The Kier molecular flexibility index (Phi) is 4.29. The minimum atomic E-state index is -0.561. The molecule has 0 N–H and O–H groups in total. The van der Waals surface area contributed by atoms with Crippen LogP contribution in [0.4, 0.5) is 5.82 Å². The van der Waals surface area contributed by atoms with Gasteiger partial charge >= 0.3 is 5.69 Å². The molecule has 0 spiro atoms. The quantitative estimate of drug-likeness (QED) is 0.831. The van der Waals surface area contributed by atoms with Crippen LogP contribution in [0.3, 0.4) is 0 Å². The van der Waals surface area contributed by atoms with E-state index >= 15 is 0 Å². The number of aromatic nitrogens is 2. The van der Waals surface area contributed by atoms with E-state index in [2.05, 4.69) is 6.92 Å². The van der Waals surface area contributed by atoms with Gasteiger partial charge in [0.1, 0.15) is 23.4 Å². The van der Waals surface area contributed by atoms with Crippen LogP contribution in [0.15, 0.2) is 26.1 Å². The van der Waals surface area contributed by atoms with Crippen molar-refractivity contribution in [2.75, 3.05) is 11.4 Å². The molecule has 0 saturated carbocycles. The molecule has 25 heavy (non-hydrogen) atoms. The van der Waals surface area contributed by atoms with Gasteiger partial charge in [0.05, 0.1) is 6.04 Å². The Balaban J connectivity index is 2.21. The van der Waals surface area contributed by atoms with Crippen LogP contribution in [0.1, 0.15) is 42.9 Å². The van der Waals surface area contributed by atoms with Crippen LogP contribution in [0.5, 0.6) is 0 Å². The molecule has 0 aliphatic carbocycles. The third-order valence-corrected chi connectivity index (χ3v) is 4.97. The van der Waals surface area contributed by atoms with Crippen molar-refractivity contribution in [3.8, 4) is 6.07 Å². The van der Waals surface area contributed by atoms with Gasteiger partial charge in [0.15, 0.2) is 5.56 Å². The summed E-state index contributed by atoms with van der Waals surface area (Å²) in [6.07, 6.45) is 1.76. The number of anilines is 1. The second-order valence-corrected chi connectivity index (χ2v) is 6.80. The first kappa shape index (κ1) is 17.1. The maximum Gasteiger partial charge on any atom is 0.332 e. The van der Waals surface area contributed by atoms with E-state index in [1.165, 1.54) is 11.6 Å². The highest BCUT2D eigenvalue weighted by Gasteiger charge is 2.33. The average molecular weight is 342 g/mol. The van der Waals surface area contributed by atoms with E-state index in [4.69, 9.17) is 4.42 Å². The number of furan rings is 1. The second-order valence-electron chi connectivity index (χ2n) is 6.80. The fourth-order valence-corrected chi connectivity index (χ4v) is 3.56. The first-order chi connectivity index (χ1) is 11.8. The van der Waals surface area contributed by atoms with Crippen molar-refractivity contribution >= 4 is 5.82 Å². The summed E-state index contributed by atoms with van der Waals surface area (Å²) in [5.74, 6) is 2.47. The average Bonchev–Trinajstić information content (AvgIpc) is 3.02. The lowest BCUT2D eigenvalue weighted by molar-refractivity contribution is 0.320. The van der Waals surface area contributed by atoms with Crippen molar-refractivity contribution < 1.29 is 4.42 Å². The molecular weight excluding hydrogens is 320 g/mol. The molecule has 1 fully saturated rings. The second kappa shape index (κ2) is 6.28. The van der Waals surface area contributed by atoms with Crippen LogP contribution < -0.4 is 16.1 Å². The van der Waals surface area contributed by atoms with Gasteiger partial charge in [0.25, 0.3) is 5.56 Å². The summed E-state index contributed by atoms with van der Waals surface area (Å²) in [5, 5.41) is 9.55. The number of aryl methyl sites for hydroxylation is 1. The molecule has 0 bridgehead atoms. The Morgan fingerprint density at radius 3 is 2.56 bits per heavy atom. The van der Waals surface area contributed by atoms with Crippen molar-refractivity contribution in [3.63, 3.8) is 0 Å². The fraction of sp³-hybridized carbons (Fsp3) is 0.500. The molecule has 2 aromatic heterocycles. The number of piperidine rings is 1. The van der Waals surface area contributed by atoms with Crippen LogP contribution >= 0.6 is 0 Å². The predicted octanol–water partition coefficient (Wildman–Crippen LogP) is 1.83. The zero-order valence-electron chi connectivity index (χ0n) is 14.9. The molecule has 2 atom stereocenters. The molecule has 0 radical (unpaired) electrons. The third kappa shape index (κ3) is 2.78. The van der Waals surface area contributed by atoms with E-state index in [0.29, 0.717) is 18.3 Å². The SMILES string of the molecule is Cc1ccc(C2CC(C)CCN2c2c(C#N)c(=O)n(C)c(=O)n2C)o1. The lowest BCUT2D eigenvalue weighted by atomic mass is 9.91. The number of hydrogen-bond acceptors (Lipinski definition) is 5. The maximum atomic E-state index is 12.4. The summed E-state index contributed by atoms with van der Waals surface area (Å²) in [7, 11) is 2.99. The van der Waals surface area contributed by atoms with Crippen molar-refractivity contribution in [1.82, 2.24) is 9.13 Å². The highest BCUT2D eigenvalue weighted by molar-refractivity contribution is 5.55. The van der Waals surface area contributed by atoms with Crippen LogP contribution in [0, 0.1) is 24.2 Å². The zero-order chi connectivity index (χ0) is 18.3. The fourth-order valence-electron chi connectivity index (χ4n) is 3.56. The van der Waals surface area contributed by atoms with Gasteiger partial charge in [-0.15, -0.1) is 0 Å². The highest BCUT2D eigenvalue weighted by atomic mass is 16.3. The Morgan fingerprint density at radius 2 is 1.96 bits per heavy atom. The molecule has 2 unspecified atom stereocenters. The Hall–Kier alpha value is -2.75. The maximum absolute atomic E-state index is 12.4. The zero-order valence-corrected chi connectivity index (χ0v) is 14.9. The summed E-state index contributed by atoms with van der Waals surface area (Å²) in [6.45, 7) is 4.71. The van der Waals surface area contributed by atoms with Crippen LogP contribution in [-0.2, 0) is 14.1 Å². The monoisotopic (exact) mass is 342 g/mol. The first-order valence-electron chi connectivity index (χ1n) is 8.38. The Labute approximate surface area is 145 Å². The summed E-state index contributed by atoms with van der Waals surface area (Å²) < 4.78 is 8.19. The van der Waals surface area contributed by atoms with E-state index < -0.39 is 11.2 Å². The van der Waals surface area contributed by atoms with Gasteiger partial charge in [-0.05, 0) is 37.8 Å². The van der Waals surface area contributed by atoms with Gasteiger partial charge in [0.2, 0.25) is 0 Å². The molecular formula is C18H22N4O3. The van der Waals surface area contributed by atoms with Gasteiger partial charge < -0.3 is 9.32 Å². The minimum Gasteiger partial charge on any atom is -0.464 e. The topological polar surface area (TPSA) is 84.2 Å². The lowest BCUT2D eigenvalue weighted by Crippen LogP contribution is -2.45. The summed E-state index contributed by atoms with van der Waals surface area (Å²) >= 11 is 0. The van der Waals surface area contributed by atoms with E-state index in [1.54, 1.807) is 7.05 Å². The molecule has 2 aromatic rings. The highest BCUT2D eigenvalue weighted by Crippen LogP contribution is 2.38. The van der Waals surface area contributed by atoms with Crippen LogP contribution in [-0.4, -0.2) is 15.7 Å². The smallest absolute Gasteiger partial charge is 0.332 e. The molecule has 0 aromatic carbocycles. The van der Waals surface area contributed by atoms with Gasteiger partial charge in [-0.2, -0.15) is 5.26 Å². The van der Waals surface area contributed by atoms with Crippen molar-refractivity contribution in [2.24, 2.45) is 20.0 Å². The van der Waals surface area contributed by atoms with E-state index in [0.717, 1.165) is 28.9 Å². The van der Waals surface area contributed by atoms with Crippen molar-refractivity contribution in [2.45, 2.75) is 32.7 Å². The predicted molar refractivity (Wildman–Crippen MR) is 93.6 cm³/mol. The van der Waals surface area contributed by atoms with Gasteiger partial charge in [-0.25, -0.2) is 4.79 Å². The van der Waals surface area contributed by atoms with Crippen LogP contribution in [0.25, 0.3) is 0 Å². The van der Waals surface area contributed by atoms with Crippen molar-refractivity contribution in [1.29, 1.82) is 5.26 Å². The number of nitriles is 1. The number of hydrogen-bond donors (Lipinski definition) is 0. The number of rotatable bonds is 2. The van der Waals surface area contributed by atoms with Gasteiger partial charge in [-0.3, -0.25) is 13.9 Å². The van der Waals surface area contributed by atoms with E-state index in [-0.39, 0.29) is 11.6 Å². The molecule has 0 amide bonds. The summed E-state index contributed by atoms with van der Waals surface area (Å²) in [6, 6.07) is 5.71. The molecule has 3 rings (SSSR count). The standard InChI is InChI=1S/C18H22N4O3/c1-11-7-8-22(14(9-11)15-6-5-12(2)25-15)16-13(10-19)17(23)21(4)18(24)20(16)3/h5-6,11,14H,7-9H2,1-4H3. The van der Waals surface area contributed by atoms with E-state index in [1.807, 2.05) is 30.0 Å². The molecule has 132 valence electrons. The Bertz CT molecular complexity index is 960. The molecule has 1 saturated heterocycles. The van der Waals surface area contributed by atoms with Gasteiger partial charge in [0, 0.05) is 20.6 Å². The first-order valence-corrected chi connectivity index (χ1v) is 8.38. The van der Waals surface area contributed by atoms with Crippen LogP contribution in [0.2, 0.25) is 0 Å². The lowest BCUT2D eigenvalue weighted by Gasteiger charge is -2.39. The van der Waals surface area contributed by atoms with E-state index in [9.17, 15) is 14.9 Å². The largest absolute Gasteiger partial charge is 0.464 e.